The van der Waals surface area contributed by atoms with Crippen molar-refractivity contribution >= 4 is 23.1 Å². The molecule has 0 radical (unpaired) electrons. The van der Waals surface area contributed by atoms with Gasteiger partial charge in [-0.2, -0.15) is 0 Å². The average molecular weight is 245 g/mol. The summed E-state index contributed by atoms with van der Waals surface area (Å²) in [7, 11) is 0. The standard InChI is InChI=1S/C11H7N3O2S/c15-10(16)8-6-14-5-7(4-12-11(14)13-8)9-2-1-3-17-9/h1-6H,(H,15,16). The zero-order chi connectivity index (χ0) is 11.8. The molecule has 5 nitrogen and oxygen atoms in total. The number of aromatic nitrogens is 3. The van der Waals surface area contributed by atoms with E-state index in [2.05, 4.69) is 9.97 Å². The molecule has 1 N–H and O–H groups in total. The second-order valence-electron chi connectivity index (χ2n) is 3.46. The fraction of sp³-hybridized carbons (Fsp3) is 0. The Balaban J connectivity index is 2.16. The monoisotopic (exact) mass is 245 g/mol. The lowest BCUT2D eigenvalue weighted by molar-refractivity contribution is 0.0691. The third kappa shape index (κ3) is 1.68. The Hall–Kier alpha value is -2.21. The number of fused-ring (bicyclic) bond motifs is 1. The van der Waals surface area contributed by atoms with E-state index >= 15 is 0 Å². The van der Waals surface area contributed by atoms with E-state index in [4.69, 9.17) is 5.11 Å². The van der Waals surface area contributed by atoms with Gasteiger partial charge in [0.1, 0.15) is 0 Å². The summed E-state index contributed by atoms with van der Waals surface area (Å²) in [6, 6.07) is 3.95. The Labute approximate surface area is 100 Å². The Morgan fingerprint density at radius 3 is 3.00 bits per heavy atom. The molecule has 0 amide bonds. The molecule has 0 aliphatic rings. The van der Waals surface area contributed by atoms with Crippen LogP contribution < -0.4 is 0 Å². The van der Waals surface area contributed by atoms with Crippen LogP contribution in [-0.2, 0) is 0 Å². The molecule has 3 heterocycles. The Morgan fingerprint density at radius 2 is 2.29 bits per heavy atom. The molecule has 0 atom stereocenters. The summed E-state index contributed by atoms with van der Waals surface area (Å²) in [6.07, 6.45) is 4.98. The quantitative estimate of drug-likeness (QED) is 0.751. The lowest BCUT2D eigenvalue weighted by atomic mass is 10.3. The molecule has 0 aliphatic heterocycles. The Bertz CT molecular complexity index is 688. The SMILES string of the molecule is O=C(O)c1cn2cc(-c3cccs3)cnc2n1. The lowest BCUT2D eigenvalue weighted by Crippen LogP contribution is -1.94. The van der Waals surface area contributed by atoms with Crippen LogP contribution in [0.1, 0.15) is 10.5 Å². The predicted octanol–water partition coefficient (Wildman–Crippen LogP) is 2.16. The number of imidazole rings is 1. The van der Waals surface area contributed by atoms with Crippen LogP contribution in [0, 0.1) is 0 Å². The molecule has 0 fully saturated rings. The first-order valence-corrected chi connectivity index (χ1v) is 5.74. The highest BCUT2D eigenvalue weighted by Crippen LogP contribution is 2.23. The van der Waals surface area contributed by atoms with Crippen molar-refractivity contribution in [3.63, 3.8) is 0 Å². The highest BCUT2D eigenvalue weighted by molar-refractivity contribution is 7.13. The summed E-state index contributed by atoms with van der Waals surface area (Å²) in [4.78, 5) is 19.9. The van der Waals surface area contributed by atoms with E-state index in [-0.39, 0.29) is 5.69 Å². The lowest BCUT2D eigenvalue weighted by Gasteiger charge is -1.97. The van der Waals surface area contributed by atoms with Gasteiger partial charge in [0.15, 0.2) is 5.69 Å². The topological polar surface area (TPSA) is 67.5 Å². The van der Waals surface area contributed by atoms with Crippen molar-refractivity contribution in [2.45, 2.75) is 0 Å². The summed E-state index contributed by atoms with van der Waals surface area (Å²) >= 11 is 1.61. The smallest absolute Gasteiger partial charge is 0.356 e. The molecule has 0 aromatic carbocycles. The van der Waals surface area contributed by atoms with Crippen LogP contribution >= 0.6 is 11.3 Å². The fourth-order valence-electron chi connectivity index (χ4n) is 1.56. The van der Waals surface area contributed by atoms with E-state index < -0.39 is 5.97 Å². The molecule has 3 rings (SSSR count). The van der Waals surface area contributed by atoms with Gasteiger partial charge >= 0.3 is 5.97 Å². The molecule has 3 aromatic rings. The zero-order valence-electron chi connectivity index (χ0n) is 8.57. The van der Waals surface area contributed by atoms with Crippen molar-refractivity contribution in [3.05, 3.63) is 41.8 Å². The minimum atomic E-state index is -1.05. The van der Waals surface area contributed by atoms with Crippen molar-refractivity contribution in [2.75, 3.05) is 0 Å². The number of hydrogen-bond donors (Lipinski definition) is 1. The van der Waals surface area contributed by atoms with Crippen molar-refractivity contribution in [2.24, 2.45) is 0 Å². The third-order valence-electron chi connectivity index (χ3n) is 2.33. The largest absolute Gasteiger partial charge is 0.476 e. The van der Waals surface area contributed by atoms with Crippen molar-refractivity contribution in [1.82, 2.24) is 14.4 Å². The molecular weight excluding hydrogens is 238 g/mol. The minimum Gasteiger partial charge on any atom is -0.476 e. The average Bonchev–Trinajstić information content (AvgIpc) is 2.97. The number of carbonyl (C=O) groups is 1. The van der Waals surface area contributed by atoms with Crippen LogP contribution in [0.4, 0.5) is 0 Å². The van der Waals surface area contributed by atoms with E-state index in [9.17, 15) is 4.79 Å². The Kier molecular flexibility index (Phi) is 2.15. The van der Waals surface area contributed by atoms with Gasteiger partial charge in [-0.3, -0.25) is 4.40 Å². The van der Waals surface area contributed by atoms with Gasteiger partial charge in [-0.15, -0.1) is 11.3 Å². The summed E-state index contributed by atoms with van der Waals surface area (Å²) in [5.41, 5.74) is 0.947. The van der Waals surface area contributed by atoms with E-state index in [1.165, 1.54) is 6.20 Å². The molecule has 3 aromatic heterocycles. The summed E-state index contributed by atoms with van der Waals surface area (Å²) in [6.45, 7) is 0. The Morgan fingerprint density at radius 1 is 1.41 bits per heavy atom. The van der Waals surface area contributed by atoms with Gasteiger partial charge in [-0.05, 0) is 11.4 Å². The molecular formula is C11H7N3O2S. The predicted molar refractivity (Wildman–Crippen MR) is 63.3 cm³/mol. The molecule has 84 valence electrons. The maximum atomic E-state index is 10.8. The number of nitrogens with zero attached hydrogens (tertiary/aromatic N) is 3. The first-order valence-electron chi connectivity index (χ1n) is 4.86. The van der Waals surface area contributed by atoms with Crippen molar-refractivity contribution in [3.8, 4) is 10.4 Å². The summed E-state index contributed by atoms with van der Waals surface area (Å²) < 4.78 is 1.62. The van der Waals surface area contributed by atoms with Gasteiger partial charge in [-0.25, -0.2) is 14.8 Å². The van der Waals surface area contributed by atoms with Crippen molar-refractivity contribution < 1.29 is 9.90 Å². The van der Waals surface area contributed by atoms with E-state index in [0.717, 1.165) is 10.4 Å². The van der Waals surface area contributed by atoms with Crippen LogP contribution in [0.15, 0.2) is 36.1 Å². The van der Waals surface area contributed by atoms with Crippen LogP contribution in [0.2, 0.25) is 0 Å². The molecule has 6 heteroatoms. The van der Waals surface area contributed by atoms with Gasteiger partial charge in [0, 0.05) is 29.0 Å². The minimum absolute atomic E-state index is 0.000768. The molecule has 0 bridgehead atoms. The maximum Gasteiger partial charge on any atom is 0.356 e. The van der Waals surface area contributed by atoms with Crippen LogP contribution in [0.5, 0.6) is 0 Å². The summed E-state index contributed by atoms with van der Waals surface area (Å²) in [5, 5.41) is 10.8. The van der Waals surface area contributed by atoms with E-state index in [1.54, 1.807) is 21.9 Å². The van der Waals surface area contributed by atoms with Crippen LogP contribution in [0.25, 0.3) is 16.2 Å². The van der Waals surface area contributed by atoms with E-state index in [1.807, 2.05) is 23.7 Å². The summed E-state index contributed by atoms with van der Waals surface area (Å²) in [5.74, 6) is -0.657. The van der Waals surface area contributed by atoms with Crippen molar-refractivity contribution in [1.29, 1.82) is 0 Å². The zero-order valence-corrected chi connectivity index (χ0v) is 9.39. The van der Waals surface area contributed by atoms with Gasteiger partial charge in [0.25, 0.3) is 0 Å². The third-order valence-corrected chi connectivity index (χ3v) is 3.25. The second-order valence-corrected chi connectivity index (χ2v) is 4.41. The highest BCUT2D eigenvalue weighted by Gasteiger charge is 2.10. The van der Waals surface area contributed by atoms with Gasteiger partial charge in [-0.1, -0.05) is 6.07 Å². The number of rotatable bonds is 2. The highest BCUT2D eigenvalue weighted by atomic mass is 32.1. The molecule has 0 unspecified atom stereocenters. The van der Waals surface area contributed by atoms with Gasteiger partial charge in [0.05, 0.1) is 0 Å². The normalized spacial score (nSPS) is 10.8. The number of aromatic carboxylic acids is 1. The molecule has 0 aliphatic carbocycles. The van der Waals surface area contributed by atoms with Gasteiger partial charge in [0.2, 0.25) is 5.78 Å². The molecule has 17 heavy (non-hydrogen) atoms. The molecule has 0 spiro atoms. The first kappa shape index (κ1) is 9.98. The molecule has 0 saturated heterocycles. The second kappa shape index (κ2) is 3.67. The number of hydrogen-bond acceptors (Lipinski definition) is 4. The number of thiophene rings is 1. The number of carboxylic acid groups (broad SMARTS) is 1. The molecule has 0 saturated carbocycles. The van der Waals surface area contributed by atoms with Crippen LogP contribution in [-0.4, -0.2) is 25.4 Å². The van der Waals surface area contributed by atoms with E-state index in [0.29, 0.717) is 5.78 Å². The maximum absolute atomic E-state index is 10.8. The van der Waals surface area contributed by atoms with Gasteiger partial charge < -0.3 is 5.11 Å². The first-order chi connectivity index (χ1) is 8.24. The van der Waals surface area contributed by atoms with Crippen LogP contribution in [0.3, 0.4) is 0 Å². The fourth-order valence-corrected chi connectivity index (χ4v) is 2.26. The number of carboxylic acids is 1.